The average molecular weight is 285 g/mol. The van der Waals surface area contributed by atoms with Crippen LogP contribution < -0.4 is 17.0 Å². The quantitative estimate of drug-likeness (QED) is 0.659. The number of rotatable bonds is 3. The lowest BCUT2D eigenvalue weighted by Crippen LogP contribution is -2.41. The summed E-state index contributed by atoms with van der Waals surface area (Å²) in [6.45, 7) is 0. The number of nitrogen functional groups attached to an aromatic ring is 1. The Labute approximate surface area is 120 Å². The van der Waals surface area contributed by atoms with Gasteiger partial charge in [0.25, 0.3) is 5.56 Å². The van der Waals surface area contributed by atoms with E-state index in [2.05, 4.69) is 0 Å². The van der Waals surface area contributed by atoms with Crippen LogP contribution in [0.3, 0.4) is 0 Å². The Hall–Kier alpha value is -2.89. The van der Waals surface area contributed by atoms with E-state index < -0.39 is 17.0 Å². The van der Waals surface area contributed by atoms with Crippen molar-refractivity contribution in [3.05, 3.63) is 68.4 Å². The van der Waals surface area contributed by atoms with E-state index in [4.69, 9.17) is 5.73 Å². The van der Waals surface area contributed by atoms with Gasteiger partial charge in [0.15, 0.2) is 5.78 Å². The fraction of sp³-hybridized carbons (Fsp3) is 0.133. The number of aromatic nitrogens is 2. The van der Waals surface area contributed by atoms with Crippen LogP contribution in [0.2, 0.25) is 0 Å². The van der Waals surface area contributed by atoms with Gasteiger partial charge in [0, 0.05) is 14.1 Å². The average Bonchev–Trinajstić information content (AvgIpc) is 2.50. The van der Waals surface area contributed by atoms with Crippen LogP contribution in [-0.2, 0) is 14.1 Å². The number of nitrogens with two attached hydrogens (primary N) is 1. The minimum absolute atomic E-state index is 0.134. The molecule has 1 aromatic heterocycles. The monoisotopic (exact) mass is 285 g/mol. The van der Waals surface area contributed by atoms with Gasteiger partial charge in [-0.1, -0.05) is 36.4 Å². The number of anilines is 1. The van der Waals surface area contributed by atoms with Gasteiger partial charge >= 0.3 is 5.69 Å². The van der Waals surface area contributed by atoms with Crippen LogP contribution in [0.4, 0.5) is 5.82 Å². The zero-order valence-electron chi connectivity index (χ0n) is 11.7. The van der Waals surface area contributed by atoms with Crippen molar-refractivity contribution in [2.75, 3.05) is 5.73 Å². The van der Waals surface area contributed by atoms with Crippen LogP contribution in [0, 0.1) is 0 Å². The van der Waals surface area contributed by atoms with E-state index in [9.17, 15) is 14.4 Å². The van der Waals surface area contributed by atoms with E-state index in [1.54, 1.807) is 6.08 Å². The summed E-state index contributed by atoms with van der Waals surface area (Å²) in [6, 6.07) is 9.19. The minimum atomic E-state index is -0.696. The van der Waals surface area contributed by atoms with E-state index in [-0.39, 0.29) is 11.4 Å². The highest BCUT2D eigenvalue weighted by molar-refractivity contribution is 6.09. The Morgan fingerprint density at radius 3 is 2.33 bits per heavy atom. The topological polar surface area (TPSA) is 87.1 Å². The van der Waals surface area contributed by atoms with E-state index in [0.29, 0.717) is 0 Å². The number of carbonyl (C=O) groups is 1. The summed E-state index contributed by atoms with van der Waals surface area (Å²) >= 11 is 0. The Bertz CT molecular complexity index is 830. The lowest BCUT2D eigenvalue weighted by atomic mass is 10.1. The number of nitrogens with zero attached hydrogens (tertiary/aromatic N) is 2. The van der Waals surface area contributed by atoms with Gasteiger partial charge in [-0.25, -0.2) is 4.79 Å². The molecule has 1 heterocycles. The van der Waals surface area contributed by atoms with Gasteiger partial charge in [-0.05, 0) is 11.6 Å². The van der Waals surface area contributed by atoms with Crippen molar-refractivity contribution in [2.24, 2.45) is 14.1 Å². The number of ketones is 1. The summed E-state index contributed by atoms with van der Waals surface area (Å²) in [4.78, 5) is 35.9. The highest BCUT2D eigenvalue weighted by atomic mass is 16.2. The van der Waals surface area contributed by atoms with Crippen molar-refractivity contribution in [3.8, 4) is 0 Å². The molecule has 6 nitrogen and oxygen atoms in total. The molecule has 2 aromatic rings. The first-order valence-electron chi connectivity index (χ1n) is 6.26. The second kappa shape index (κ2) is 5.62. The molecule has 1 aromatic carbocycles. The summed E-state index contributed by atoms with van der Waals surface area (Å²) < 4.78 is 1.94. The molecule has 0 saturated carbocycles. The van der Waals surface area contributed by atoms with Gasteiger partial charge in [-0.3, -0.25) is 18.7 Å². The zero-order valence-corrected chi connectivity index (χ0v) is 11.7. The summed E-state index contributed by atoms with van der Waals surface area (Å²) in [7, 11) is 2.72. The van der Waals surface area contributed by atoms with E-state index in [0.717, 1.165) is 14.7 Å². The molecule has 0 fully saturated rings. The molecule has 2 N–H and O–H groups in total. The normalized spacial score (nSPS) is 11.0. The smallest absolute Gasteiger partial charge is 0.332 e. The Kier molecular flexibility index (Phi) is 3.89. The predicted molar refractivity (Wildman–Crippen MR) is 81.1 cm³/mol. The maximum atomic E-state index is 12.2. The third kappa shape index (κ3) is 2.69. The maximum absolute atomic E-state index is 12.2. The molecule has 0 aliphatic rings. The molecule has 21 heavy (non-hydrogen) atoms. The summed E-state index contributed by atoms with van der Waals surface area (Å²) in [5.74, 6) is -0.668. The maximum Gasteiger partial charge on any atom is 0.332 e. The SMILES string of the molecule is Cn1c(N)c(C(=O)/C=C/c2ccccc2)c(=O)n(C)c1=O. The molecule has 0 radical (unpaired) electrons. The van der Waals surface area contributed by atoms with Crippen molar-refractivity contribution in [3.63, 3.8) is 0 Å². The van der Waals surface area contributed by atoms with Gasteiger partial charge < -0.3 is 5.73 Å². The summed E-state index contributed by atoms with van der Waals surface area (Å²) in [5.41, 5.74) is 5.08. The molecule has 0 amide bonds. The molecule has 108 valence electrons. The standard InChI is InChI=1S/C15H15N3O3/c1-17-13(16)12(14(20)18(2)15(17)21)11(19)9-8-10-6-4-3-5-7-10/h3-9H,16H2,1-2H3/b9-8+. The van der Waals surface area contributed by atoms with E-state index in [1.165, 1.54) is 20.2 Å². The number of allylic oxidation sites excluding steroid dienone is 1. The highest BCUT2D eigenvalue weighted by Crippen LogP contribution is 2.07. The van der Waals surface area contributed by atoms with Crippen molar-refractivity contribution in [1.82, 2.24) is 9.13 Å². The van der Waals surface area contributed by atoms with Crippen LogP contribution in [0.15, 0.2) is 46.0 Å². The van der Waals surface area contributed by atoms with Crippen molar-refractivity contribution in [1.29, 1.82) is 0 Å². The molecule has 0 aliphatic heterocycles. The molecular weight excluding hydrogens is 270 g/mol. The summed E-state index contributed by atoms with van der Waals surface area (Å²) in [5, 5.41) is 0. The van der Waals surface area contributed by atoms with Crippen LogP contribution >= 0.6 is 0 Å². The fourth-order valence-corrected chi connectivity index (χ4v) is 1.91. The first-order valence-corrected chi connectivity index (χ1v) is 6.26. The molecule has 2 rings (SSSR count). The van der Waals surface area contributed by atoms with E-state index in [1.807, 2.05) is 30.3 Å². The number of carbonyl (C=O) groups excluding carboxylic acids is 1. The molecule has 0 saturated heterocycles. The first-order chi connectivity index (χ1) is 9.93. The molecule has 0 bridgehead atoms. The first kappa shape index (κ1) is 14.5. The molecule has 0 aliphatic carbocycles. The second-order valence-corrected chi connectivity index (χ2v) is 4.57. The lowest BCUT2D eigenvalue weighted by molar-refractivity contribution is 0.104. The lowest BCUT2D eigenvalue weighted by Gasteiger charge is -2.09. The number of hydrogen-bond donors (Lipinski definition) is 1. The van der Waals surface area contributed by atoms with Crippen LogP contribution in [-0.4, -0.2) is 14.9 Å². The molecule has 0 atom stereocenters. The van der Waals surface area contributed by atoms with E-state index >= 15 is 0 Å². The van der Waals surface area contributed by atoms with Crippen LogP contribution in [0.25, 0.3) is 6.08 Å². The Morgan fingerprint density at radius 1 is 1.10 bits per heavy atom. The van der Waals surface area contributed by atoms with Gasteiger partial charge in [0.05, 0.1) is 0 Å². The summed E-state index contributed by atoms with van der Waals surface area (Å²) in [6.07, 6.45) is 2.86. The van der Waals surface area contributed by atoms with Crippen molar-refractivity contribution < 1.29 is 4.79 Å². The zero-order chi connectivity index (χ0) is 15.6. The largest absolute Gasteiger partial charge is 0.384 e. The third-order valence-corrected chi connectivity index (χ3v) is 3.18. The molecule has 6 heteroatoms. The third-order valence-electron chi connectivity index (χ3n) is 3.18. The fourth-order valence-electron chi connectivity index (χ4n) is 1.91. The molecule has 0 unspecified atom stereocenters. The second-order valence-electron chi connectivity index (χ2n) is 4.57. The van der Waals surface area contributed by atoms with Crippen molar-refractivity contribution in [2.45, 2.75) is 0 Å². The van der Waals surface area contributed by atoms with Gasteiger partial charge in [0.2, 0.25) is 0 Å². The number of benzene rings is 1. The van der Waals surface area contributed by atoms with Gasteiger partial charge in [-0.2, -0.15) is 0 Å². The predicted octanol–water partition coefficient (Wildman–Crippen LogP) is 0.562. The van der Waals surface area contributed by atoms with Crippen LogP contribution in [0.1, 0.15) is 15.9 Å². The molecular formula is C15H15N3O3. The Morgan fingerprint density at radius 2 is 1.71 bits per heavy atom. The van der Waals surface area contributed by atoms with Crippen molar-refractivity contribution >= 4 is 17.7 Å². The van der Waals surface area contributed by atoms with Crippen LogP contribution in [0.5, 0.6) is 0 Å². The highest BCUT2D eigenvalue weighted by Gasteiger charge is 2.17. The number of hydrogen-bond acceptors (Lipinski definition) is 4. The minimum Gasteiger partial charge on any atom is -0.384 e. The molecule has 0 spiro atoms. The van der Waals surface area contributed by atoms with Gasteiger partial charge in [0.1, 0.15) is 11.4 Å². The van der Waals surface area contributed by atoms with Gasteiger partial charge in [-0.15, -0.1) is 0 Å². The Balaban J connectivity index is 2.48.